The van der Waals surface area contributed by atoms with Crippen LogP contribution in [0.2, 0.25) is 0 Å². The molecule has 1 unspecified atom stereocenters. The van der Waals surface area contributed by atoms with Crippen molar-refractivity contribution in [1.29, 1.82) is 0 Å². The number of nitrogens with zero attached hydrogens (tertiary/aromatic N) is 1. The molecule has 33 heavy (non-hydrogen) atoms. The lowest BCUT2D eigenvalue weighted by atomic mass is 9.94. The quantitative estimate of drug-likeness (QED) is 0.453. The van der Waals surface area contributed by atoms with E-state index in [-0.39, 0.29) is 17.4 Å². The van der Waals surface area contributed by atoms with Gasteiger partial charge in [0.15, 0.2) is 11.5 Å². The number of hydrogen-bond donors (Lipinski definition) is 1. The molecule has 2 heterocycles. The van der Waals surface area contributed by atoms with Crippen LogP contribution in [0.25, 0.3) is 0 Å². The van der Waals surface area contributed by atoms with Gasteiger partial charge in [0, 0.05) is 5.69 Å². The number of Topliss-reactive ketones (excluding diaryl/α,β-unsaturated/α-hetero) is 1. The Balaban J connectivity index is 1.80. The minimum atomic E-state index is -0.812. The van der Waals surface area contributed by atoms with Crippen molar-refractivity contribution in [2.75, 3.05) is 4.90 Å². The minimum absolute atomic E-state index is 0.0135. The number of ketones is 1. The topological polar surface area (TPSA) is 80.0 Å². The van der Waals surface area contributed by atoms with Gasteiger partial charge in [0.2, 0.25) is 5.78 Å². The van der Waals surface area contributed by atoms with Crippen LogP contribution in [0, 0.1) is 0 Å². The molecule has 1 aliphatic rings. The van der Waals surface area contributed by atoms with Crippen molar-refractivity contribution in [3.63, 3.8) is 0 Å². The molecule has 0 saturated heterocycles. The monoisotopic (exact) mass is 445 g/mol. The second-order valence-corrected chi connectivity index (χ2v) is 8.63. The molecule has 1 aliphatic heterocycles. The average Bonchev–Trinajstić information content (AvgIpc) is 3.41. The highest BCUT2D eigenvalue weighted by Crippen LogP contribution is 2.42. The zero-order valence-electron chi connectivity index (χ0n) is 19.1. The Morgan fingerprint density at radius 3 is 2.21 bits per heavy atom. The van der Waals surface area contributed by atoms with Crippen molar-refractivity contribution >= 4 is 17.4 Å². The Morgan fingerprint density at radius 1 is 1.00 bits per heavy atom. The third-order valence-corrected chi connectivity index (χ3v) is 5.60. The summed E-state index contributed by atoms with van der Waals surface area (Å²) in [6, 6.07) is 17.1. The van der Waals surface area contributed by atoms with Crippen LogP contribution in [0.1, 0.15) is 61.3 Å². The van der Waals surface area contributed by atoms with Gasteiger partial charge in [-0.2, -0.15) is 0 Å². The summed E-state index contributed by atoms with van der Waals surface area (Å²) in [5, 5.41) is 10.8. The second-order valence-electron chi connectivity index (χ2n) is 8.63. The third-order valence-electron chi connectivity index (χ3n) is 5.60. The van der Waals surface area contributed by atoms with E-state index < -0.39 is 23.5 Å². The number of anilines is 1. The Morgan fingerprint density at radius 2 is 1.67 bits per heavy atom. The molecule has 1 N–H and O–H groups in total. The molecule has 0 radical (unpaired) electrons. The molecule has 0 fully saturated rings. The molecule has 0 saturated carbocycles. The van der Waals surface area contributed by atoms with Crippen LogP contribution in [0.5, 0.6) is 5.75 Å². The highest BCUT2D eigenvalue weighted by atomic mass is 16.5. The maximum Gasteiger partial charge on any atom is 0.294 e. The summed E-state index contributed by atoms with van der Waals surface area (Å²) < 4.78 is 11.0. The van der Waals surface area contributed by atoms with Gasteiger partial charge in [-0.25, -0.2) is 0 Å². The molecule has 1 atom stereocenters. The highest BCUT2D eigenvalue weighted by molar-refractivity contribution is 6.20. The van der Waals surface area contributed by atoms with E-state index in [0.29, 0.717) is 22.9 Å². The summed E-state index contributed by atoms with van der Waals surface area (Å²) in [6.07, 6.45) is 1.40. The number of aliphatic hydroxyl groups excluding tert-OH is 1. The maximum atomic E-state index is 13.3. The molecular formula is C27H27NO5. The van der Waals surface area contributed by atoms with Crippen LogP contribution >= 0.6 is 0 Å². The fraction of sp³-hybridized carbons (Fsp3) is 0.259. The summed E-state index contributed by atoms with van der Waals surface area (Å²) in [5.41, 5.74) is 2.37. The molecule has 6 heteroatoms. The molecule has 1 amide bonds. The highest BCUT2D eigenvalue weighted by Gasteiger charge is 2.45. The third kappa shape index (κ3) is 4.29. The van der Waals surface area contributed by atoms with E-state index in [4.69, 9.17) is 9.15 Å². The fourth-order valence-electron chi connectivity index (χ4n) is 3.98. The number of carbonyl (C=O) groups excluding carboxylic acids is 2. The first-order valence-electron chi connectivity index (χ1n) is 11.0. The van der Waals surface area contributed by atoms with E-state index in [9.17, 15) is 14.7 Å². The number of ether oxygens (including phenoxy) is 1. The number of aliphatic hydroxyl groups is 1. The Kier molecular flexibility index (Phi) is 6.09. The van der Waals surface area contributed by atoms with Gasteiger partial charge >= 0.3 is 0 Å². The van der Waals surface area contributed by atoms with E-state index >= 15 is 0 Å². The molecule has 4 rings (SSSR count). The largest absolute Gasteiger partial charge is 0.503 e. The van der Waals surface area contributed by atoms with Gasteiger partial charge in [-0.15, -0.1) is 0 Å². The Labute approximate surface area is 193 Å². The molecule has 0 aliphatic carbocycles. The number of carbonyl (C=O) groups is 2. The van der Waals surface area contributed by atoms with Gasteiger partial charge in [-0.1, -0.05) is 38.1 Å². The van der Waals surface area contributed by atoms with Crippen LogP contribution in [0.15, 0.2) is 82.7 Å². The van der Waals surface area contributed by atoms with Crippen molar-refractivity contribution in [2.45, 2.75) is 45.8 Å². The number of hydrogen-bond acceptors (Lipinski definition) is 5. The van der Waals surface area contributed by atoms with Crippen molar-refractivity contribution in [3.05, 3.63) is 95.1 Å². The van der Waals surface area contributed by atoms with Crippen molar-refractivity contribution in [1.82, 2.24) is 0 Å². The van der Waals surface area contributed by atoms with Crippen LogP contribution in [-0.2, 0) is 4.79 Å². The summed E-state index contributed by atoms with van der Waals surface area (Å²) in [4.78, 5) is 27.9. The van der Waals surface area contributed by atoms with Crippen LogP contribution < -0.4 is 9.64 Å². The minimum Gasteiger partial charge on any atom is -0.503 e. The Hall–Kier alpha value is -3.80. The molecule has 0 spiro atoms. The molecule has 2 aromatic carbocycles. The maximum absolute atomic E-state index is 13.3. The van der Waals surface area contributed by atoms with E-state index in [0.717, 1.165) is 5.56 Å². The van der Waals surface area contributed by atoms with Gasteiger partial charge in [-0.05, 0) is 67.3 Å². The van der Waals surface area contributed by atoms with Crippen LogP contribution in [-0.4, -0.2) is 22.9 Å². The van der Waals surface area contributed by atoms with Gasteiger partial charge in [0.05, 0.1) is 24.0 Å². The lowest BCUT2D eigenvalue weighted by Gasteiger charge is -2.27. The van der Waals surface area contributed by atoms with Crippen molar-refractivity contribution in [3.8, 4) is 5.75 Å². The van der Waals surface area contributed by atoms with Gasteiger partial charge in [0.25, 0.3) is 5.91 Å². The van der Waals surface area contributed by atoms with Crippen molar-refractivity contribution in [2.24, 2.45) is 0 Å². The standard InChI is InChI=1S/C27H27NO5/c1-16(2)18-7-11-20(12-8-18)28-24(19-9-13-21(14-10-19)33-17(3)4)23(26(30)27(28)31)25(29)22-6-5-15-32-22/h5-17,24,30H,1-4H3. The average molecular weight is 446 g/mol. The normalized spacial score (nSPS) is 16.2. The SMILES string of the molecule is CC(C)Oc1ccc(C2C(C(=O)c3ccco3)=C(O)C(=O)N2c2ccc(C(C)C)cc2)cc1. The molecule has 1 aromatic heterocycles. The first-order chi connectivity index (χ1) is 15.8. The van der Waals surface area contributed by atoms with Crippen LogP contribution in [0.4, 0.5) is 5.69 Å². The molecular weight excluding hydrogens is 418 g/mol. The zero-order chi connectivity index (χ0) is 23.7. The number of benzene rings is 2. The van der Waals surface area contributed by atoms with E-state index in [1.165, 1.54) is 17.2 Å². The van der Waals surface area contributed by atoms with Crippen LogP contribution in [0.3, 0.4) is 0 Å². The summed E-state index contributed by atoms with van der Waals surface area (Å²) >= 11 is 0. The summed E-state index contributed by atoms with van der Waals surface area (Å²) in [5.74, 6) is -0.657. The van der Waals surface area contributed by atoms with Gasteiger partial charge in [-0.3, -0.25) is 14.5 Å². The Bertz CT molecular complexity index is 1170. The summed E-state index contributed by atoms with van der Waals surface area (Å²) in [7, 11) is 0. The number of furan rings is 1. The smallest absolute Gasteiger partial charge is 0.294 e. The predicted molar refractivity (Wildman–Crippen MR) is 126 cm³/mol. The van der Waals surface area contributed by atoms with Crippen molar-refractivity contribution < 1.29 is 23.8 Å². The summed E-state index contributed by atoms with van der Waals surface area (Å²) in [6.45, 7) is 8.06. The fourth-order valence-corrected chi connectivity index (χ4v) is 3.98. The predicted octanol–water partition coefficient (Wildman–Crippen LogP) is 5.97. The van der Waals surface area contributed by atoms with E-state index in [2.05, 4.69) is 13.8 Å². The first-order valence-corrected chi connectivity index (χ1v) is 11.0. The molecule has 3 aromatic rings. The van der Waals surface area contributed by atoms with E-state index in [1.807, 2.05) is 38.1 Å². The molecule has 0 bridgehead atoms. The van der Waals surface area contributed by atoms with E-state index in [1.54, 1.807) is 30.3 Å². The van der Waals surface area contributed by atoms with Gasteiger partial charge < -0.3 is 14.3 Å². The first kappa shape index (κ1) is 22.4. The molecule has 6 nitrogen and oxygen atoms in total. The molecule has 170 valence electrons. The lowest BCUT2D eigenvalue weighted by molar-refractivity contribution is -0.117. The number of amides is 1. The zero-order valence-corrected chi connectivity index (χ0v) is 19.1. The number of rotatable bonds is 7. The second kappa shape index (κ2) is 8.98. The lowest BCUT2D eigenvalue weighted by Crippen LogP contribution is -2.31. The van der Waals surface area contributed by atoms with Gasteiger partial charge in [0.1, 0.15) is 5.75 Å².